The molecule has 0 amide bonds. The van der Waals surface area contributed by atoms with E-state index in [1.54, 1.807) is 7.11 Å². The second-order valence-electron chi connectivity index (χ2n) is 6.64. The number of aryl methyl sites for hydroxylation is 2. The highest BCUT2D eigenvalue weighted by Crippen LogP contribution is 2.34. The first-order chi connectivity index (χ1) is 12.7. The molecule has 0 saturated carbocycles. The highest BCUT2D eigenvalue weighted by Gasteiger charge is 2.22. The van der Waals surface area contributed by atoms with E-state index in [1.807, 2.05) is 25.3 Å². The van der Waals surface area contributed by atoms with Crippen molar-refractivity contribution in [1.29, 1.82) is 0 Å². The molecule has 0 bridgehead atoms. The van der Waals surface area contributed by atoms with Gasteiger partial charge < -0.3 is 14.2 Å². The minimum absolute atomic E-state index is 0.686. The molecule has 7 nitrogen and oxygen atoms in total. The molecule has 0 spiro atoms. The molecule has 1 aromatic carbocycles. The standard InChI is InChI=1S/C19H23N5O2/c1-13-11-20-18-15(5-4-6-16(18)25-3)19(13)24-9-7-23(8-10-24)12-17-21-14(2)22-26-17/h4-6,11H,7-10,12H2,1-3H3. The van der Waals surface area contributed by atoms with Crippen molar-refractivity contribution in [2.24, 2.45) is 0 Å². The van der Waals surface area contributed by atoms with Gasteiger partial charge in [-0.25, -0.2) is 0 Å². The fourth-order valence-corrected chi connectivity index (χ4v) is 3.59. The van der Waals surface area contributed by atoms with Gasteiger partial charge in [0.15, 0.2) is 5.82 Å². The van der Waals surface area contributed by atoms with Crippen LogP contribution in [0, 0.1) is 13.8 Å². The van der Waals surface area contributed by atoms with E-state index in [9.17, 15) is 0 Å². The summed E-state index contributed by atoms with van der Waals surface area (Å²) in [5.74, 6) is 2.19. The molecule has 4 rings (SSSR count). The molecule has 3 aromatic rings. The van der Waals surface area contributed by atoms with Crippen LogP contribution in [-0.4, -0.2) is 53.3 Å². The molecule has 26 heavy (non-hydrogen) atoms. The average Bonchev–Trinajstić information content (AvgIpc) is 3.06. The van der Waals surface area contributed by atoms with E-state index in [-0.39, 0.29) is 0 Å². The smallest absolute Gasteiger partial charge is 0.240 e. The number of nitrogens with zero attached hydrogens (tertiary/aromatic N) is 5. The summed E-state index contributed by atoms with van der Waals surface area (Å²) >= 11 is 0. The zero-order chi connectivity index (χ0) is 18.1. The van der Waals surface area contributed by atoms with E-state index < -0.39 is 0 Å². The third kappa shape index (κ3) is 3.10. The molecule has 2 aromatic heterocycles. The zero-order valence-corrected chi connectivity index (χ0v) is 15.4. The van der Waals surface area contributed by atoms with E-state index in [2.05, 4.69) is 37.9 Å². The molecule has 1 aliphatic rings. The maximum atomic E-state index is 5.48. The summed E-state index contributed by atoms with van der Waals surface area (Å²) in [6.07, 6.45) is 1.94. The predicted molar refractivity (Wildman–Crippen MR) is 99.6 cm³/mol. The molecule has 3 heterocycles. The fraction of sp³-hybridized carbons (Fsp3) is 0.421. The van der Waals surface area contributed by atoms with Gasteiger partial charge in [0, 0.05) is 37.8 Å². The van der Waals surface area contributed by atoms with E-state index in [0.29, 0.717) is 18.3 Å². The molecule has 136 valence electrons. The monoisotopic (exact) mass is 353 g/mol. The van der Waals surface area contributed by atoms with Crippen molar-refractivity contribution in [1.82, 2.24) is 20.0 Å². The first-order valence-corrected chi connectivity index (χ1v) is 8.84. The number of piperazine rings is 1. The number of rotatable bonds is 4. The maximum Gasteiger partial charge on any atom is 0.240 e. The third-order valence-corrected chi connectivity index (χ3v) is 4.85. The summed E-state index contributed by atoms with van der Waals surface area (Å²) in [6.45, 7) is 8.47. The SMILES string of the molecule is COc1cccc2c(N3CCN(Cc4nc(C)no4)CC3)c(C)cnc12. The Bertz CT molecular complexity index is 915. The van der Waals surface area contributed by atoms with Crippen molar-refractivity contribution in [2.75, 3.05) is 38.2 Å². The van der Waals surface area contributed by atoms with Crippen LogP contribution in [0.25, 0.3) is 10.9 Å². The molecule has 0 aliphatic carbocycles. The summed E-state index contributed by atoms with van der Waals surface area (Å²) in [5, 5.41) is 5.01. The van der Waals surface area contributed by atoms with Crippen LogP contribution in [0.3, 0.4) is 0 Å². The topological polar surface area (TPSA) is 67.5 Å². The molecule has 0 unspecified atom stereocenters. The number of para-hydroxylation sites is 1. The lowest BCUT2D eigenvalue weighted by atomic mass is 10.1. The number of hydrogen-bond acceptors (Lipinski definition) is 7. The van der Waals surface area contributed by atoms with E-state index >= 15 is 0 Å². The summed E-state index contributed by atoms with van der Waals surface area (Å²) in [6, 6.07) is 6.11. The number of anilines is 1. The average molecular weight is 353 g/mol. The van der Waals surface area contributed by atoms with Gasteiger partial charge in [0.05, 0.1) is 19.3 Å². The molecule has 1 saturated heterocycles. The van der Waals surface area contributed by atoms with Crippen molar-refractivity contribution >= 4 is 16.6 Å². The van der Waals surface area contributed by atoms with Gasteiger partial charge in [0.1, 0.15) is 11.3 Å². The Labute approximate surface area is 152 Å². The summed E-state index contributed by atoms with van der Waals surface area (Å²) in [7, 11) is 1.69. The minimum Gasteiger partial charge on any atom is -0.494 e. The van der Waals surface area contributed by atoms with Gasteiger partial charge >= 0.3 is 0 Å². The summed E-state index contributed by atoms with van der Waals surface area (Å²) < 4.78 is 10.7. The highest BCUT2D eigenvalue weighted by molar-refractivity contribution is 5.96. The van der Waals surface area contributed by atoms with Gasteiger partial charge in [-0.15, -0.1) is 0 Å². The number of ether oxygens (including phenoxy) is 1. The van der Waals surface area contributed by atoms with Gasteiger partial charge in [-0.2, -0.15) is 4.98 Å². The van der Waals surface area contributed by atoms with Crippen molar-refractivity contribution in [2.45, 2.75) is 20.4 Å². The Morgan fingerprint density at radius 1 is 1.15 bits per heavy atom. The first kappa shape index (κ1) is 16.8. The lowest BCUT2D eigenvalue weighted by Crippen LogP contribution is -2.46. The Morgan fingerprint density at radius 2 is 1.96 bits per heavy atom. The van der Waals surface area contributed by atoms with Crippen LogP contribution in [0.4, 0.5) is 5.69 Å². The van der Waals surface area contributed by atoms with Crippen LogP contribution in [0.15, 0.2) is 28.9 Å². The molecular formula is C19H23N5O2. The molecule has 0 N–H and O–H groups in total. The Morgan fingerprint density at radius 3 is 2.65 bits per heavy atom. The highest BCUT2D eigenvalue weighted by atomic mass is 16.5. The second kappa shape index (κ2) is 6.92. The summed E-state index contributed by atoms with van der Waals surface area (Å²) in [5.41, 5.74) is 3.35. The summed E-state index contributed by atoms with van der Waals surface area (Å²) in [4.78, 5) is 13.7. The van der Waals surface area contributed by atoms with Gasteiger partial charge in [0.2, 0.25) is 5.89 Å². The number of fused-ring (bicyclic) bond motifs is 1. The number of benzene rings is 1. The lowest BCUT2D eigenvalue weighted by molar-refractivity contribution is 0.215. The Kier molecular flexibility index (Phi) is 4.46. The van der Waals surface area contributed by atoms with E-state index in [4.69, 9.17) is 9.26 Å². The molecule has 1 aliphatic heterocycles. The largest absolute Gasteiger partial charge is 0.494 e. The molecule has 0 radical (unpaired) electrons. The molecular weight excluding hydrogens is 330 g/mol. The number of methoxy groups -OCH3 is 1. The normalized spacial score (nSPS) is 15.6. The van der Waals surface area contributed by atoms with Crippen molar-refractivity contribution < 1.29 is 9.26 Å². The first-order valence-electron chi connectivity index (χ1n) is 8.84. The fourth-order valence-electron chi connectivity index (χ4n) is 3.59. The minimum atomic E-state index is 0.686. The maximum absolute atomic E-state index is 5.48. The predicted octanol–water partition coefficient (Wildman–Crippen LogP) is 2.57. The van der Waals surface area contributed by atoms with Crippen LogP contribution in [-0.2, 0) is 6.54 Å². The Hall–Kier alpha value is -2.67. The molecule has 0 atom stereocenters. The van der Waals surface area contributed by atoms with Gasteiger partial charge in [-0.05, 0) is 25.5 Å². The number of hydrogen-bond donors (Lipinski definition) is 0. The molecule has 1 fully saturated rings. The van der Waals surface area contributed by atoms with Gasteiger partial charge in [-0.3, -0.25) is 9.88 Å². The van der Waals surface area contributed by atoms with Crippen molar-refractivity contribution in [3.63, 3.8) is 0 Å². The second-order valence-corrected chi connectivity index (χ2v) is 6.64. The third-order valence-electron chi connectivity index (χ3n) is 4.85. The van der Waals surface area contributed by atoms with Crippen LogP contribution < -0.4 is 9.64 Å². The van der Waals surface area contributed by atoms with Gasteiger partial charge in [-0.1, -0.05) is 17.3 Å². The van der Waals surface area contributed by atoms with Crippen LogP contribution >= 0.6 is 0 Å². The zero-order valence-electron chi connectivity index (χ0n) is 15.4. The van der Waals surface area contributed by atoms with Crippen LogP contribution in [0.2, 0.25) is 0 Å². The van der Waals surface area contributed by atoms with Crippen LogP contribution in [0.1, 0.15) is 17.3 Å². The number of pyridine rings is 1. The Balaban J connectivity index is 1.55. The van der Waals surface area contributed by atoms with Crippen molar-refractivity contribution in [3.8, 4) is 5.75 Å². The quantitative estimate of drug-likeness (QED) is 0.714. The van der Waals surface area contributed by atoms with E-state index in [0.717, 1.165) is 42.8 Å². The number of aromatic nitrogens is 3. The van der Waals surface area contributed by atoms with E-state index in [1.165, 1.54) is 11.3 Å². The van der Waals surface area contributed by atoms with Crippen LogP contribution in [0.5, 0.6) is 5.75 Å². The van der Waals surface area contributed by atoms with Gasteiger partial charge in [0.25, 0.3) is 0 Å². The van der Waals surface area contributed by atoms with Crippen molar-refractivity contribution in [3.05, 3.63) is 41.7 Å². The lowest BCUT2D eigenvalue weighted by Gasteiger charge is -2.36. The molecule has 7 heteroatoms.